The Labute approximate surface area is 439 Å². The van der Waals surface area contributed by atoms with Crippen molar-refractivity contribution in [3.8, 4) is 0 Å². The number of hydrogen-bond acceptors (Lipinski definition) is 10. The number of carbonyl (C=O) groups is 3. The Morgan fingerprint density at radius 3 is 1.10 bits per heavy atom. The zero-order valence-corrected chi connectivity index (χ0v) is 46.5. The molecule has 0 aliphatic heterocycles. The van der Waals surface area contributed by atoms with E-state index in [0.717, 1.165) is 148 Å². The van der Waals surface area contributed by atoms with Crippen molar-refractivity contribution in [2.75, 3.05) is 26.4 Å². The van der Waals surface area contributed by atoms with E-state index in [-0.39, 0.29) is 25.9 Å². The van der Waals surface area contributed by atoms with Gasteiger partial charge in [-0.15, -0.1) is 0 Å². The lowest BCUT2D eigenvalue weighted by Gasteiger charge is -2.21. The number of phosphoric ester groups is 1. The van der Waals surface area contributed by atoms with Gasteiger partial charge in [-0.1, -0.05) is 196 Å². The summed E-state index contributed by atoms with van der Waals surface area (Å²) in [5.74, 6) is -1.51. The summed E-state index contributed by atoms with van der Waals surface area (Å²) in [6, 6.07) is 0. The van der Waals surface area contributed by atoms with Crippen LogP contribution < -0.4 is 0 Å². The standard InChI is InChI=1S/C60H103O11P/c1-4-7-10-13-16-19-22-25-26-27-28-29-30-33-36-39-42-45-48-51-60(64)71-57(53-67-58(62)49-46-43-40-37-34-31-23-20-17-14-11-8-5-2)55-69-72(65,66)68-54-56(52-61)70-59(63)50-47-44-41-38-35-32-24-21-18-15-12-9-6-3/h11-12,14-16,19-21,23-26,28-29,56-57,61H,4-10,13,17-18,22,27,30-55H2,1-3H3,(H,65,66)/b14-11-,15-12-,19-16-,23-20-,24-21-,26-25-,29-28-. The van der Waals surface area contributed by atoms with E-state index in [1.54, 1.807) is 0 Å². The first-order chi connectivity index (χ1) is 35.2. The predicted octanol–water partition coefficient (Wildman–Crippen LogP) is 16.7. The molecular formula is C60H103O11P. The summed E-state index contributed by atoms with van der Waals surface area (Å²) in [5.41, 5.74) is 0. The van der Waals surface area contributed by atoms with E-state index in [4.69, 9.17) is 23.3 Å². The van der Waals surface area contributed by atoms with Crippen LogP contribution in [0.1, 0.15) is 239 Å². The molecule has 3 unspecified atom stereocenters. The molecule has 11 nitrogen and oxygen atoms in total. The van der Waals surface area contributed by atoms with Crippen LogP contribution in [0.3, 0.4) is 0 Å². The molecule has 3 atom stereocenters. The normalized spacial score (nSPS) is 14.0. The second kappa shape index (κ2) is 53.9. The highest BCUT2D eigenvalue weighted by Crippen LogP contribution is 2.43. The molecule has 12 heteroatoms. The number of rotatable bonds is 52. The van der Waals surface area contributed by atoms with Crippen LogP contribution in [-0.4, -0.2) is 66.5 Å². The van der Waals surface area contributed by atoms with Crippen LogP contribution in [-0.2, 0) is 42.2 Å². The number of ether oxygens (including phenoxy) is 3. The van der Waals surface area contributed by atoms with E-state index in [1.807, 2.05) is 0 Å². The molecule has 414 valence electrons. The van der Waals surface area contributed by atoms with Gasteiger partial charge in [0.25, 0.3) is 0 Å². The van der Waals surface area contributed by atoms with Crippen LogP contribution in [0, 0.1) is 0 Å². The lowest BCUT2D eigenvalue weighted by atomic mass is 10.1. The molecule has 0 spiro atoms. The van der Waals surface area contributed by atoms with Crippen molar-refractivity contribution < 1.29 is 52.2 Å². The Morgan fingerprint density at radius 2 is 0.708 bits per heavy atom. The number of phosphoric acid groups is 1. The molecule has 0 radical (unpaired) electrons. The molecule has 0 saturated carbocycles. The van der Waals surface area contributed by atoms with E-state index in [1.165, 1.54) is 32.1 Å². The number of hydrogen-bond donors (Lipinski definition) is 2. The third-order valence-electron chi connectivity index (χ3n) is 11.7. The van der Waals surface area contributed by atoms with Crippen molar-refractivity contribution in [1.29, 1.82) is 0 Å². The molecule has 72 heavy (non-hydrogen) atoms. The van der Waals surface area contributed by atoms with E-state index in [0.29, 0.717) is 19.3 Å². The van der Waals surface area contributed by atoms with Crippen molar-refractivity contribution in [3.05, 3.63) is 85.1 Å². The van der Waals surface area contributed by atoms with Gasteiger partial charge in [0.2, 0.25) is 0 Å². The SMILES string of the molecule is CCC/C=C\C/C=C\CCCCCCCC(=O)OCC(COP(=O)(O)OCC(CO)OC(=O)CCCCCCC/C=C\C/C=C\CCC)OC(=O)CCCCCCCC/C=C\C/C=C\C/C=C\CCCCC. The minimum absolute atomic E-state index is 0.146. The summed E-state index contributed by atoms with van der Waals surface area (Å²) in [4.78, 5) is 48.5. The molecule has 0 heterocycles. The molecular weight excluding hydrogens is 928 g/mol. The van der Waals surface area contributed by atoms with Gasteiger partial charge in [-0.05, 0) is 109 Å². The molecule has 0 aliphatic rings. The maximum atomic E-state index is 12.9. The molecule has 2 N–H and O–H groups in total. The summed E-state index contributed by atoms with van der Waals surface area (Å²) in [5, 5.41) is 9.80. The third-order valence-corrected chi connectivity index (χ3v) is 12.7. The Morgan fingerprint density at radius 1 is 0.389 bits per heavy atom. The first kappa shape index (κ1) is 68.7. The number of carbonyl (C=O) groups excluding carboxylic acids is 3. The molecule has 0 aromatic carbocycles. The van der Waals surface area contributed by atoms with Gasteiger partial charge in [-0.2, -0.15) is 0 Å². The fourth-order valence-electron chi connectivity index (χ4n) is 7.38. The highest BCUT2D eigenvalue weighted by Gasteiger charge is 2.28. The summed E-state index contributed by atoms with van der Waals surface area (Å²) in [6.45, 7) is 4.44. The Kier molecular flexibility index (Phi) is 51.4. The lowest BCUT2D eigenvalue weighted by Crippen LogP contribution is -2.30. The van der Waals surface area contributed by atoms with E-state index in [2.05, 4.69) is 106 Å². The summed E-state index contributed by atoms with van der Waals surface area (Å²) in [6.07, 6.45) is 61.1. The van der Waals surface area contributed by atoms with Crippen LogP contribution in [0.2, 0.25) is 0 Å². The van der Waals surface area contributed by atoms with Crippen LogP contribution in [0.15, 0.2) is 85.1 Å². The van der Waals surface area contributed by atoms with Gasteiger partial charge in [-0.25, -0.2) is 4.57 Å². The van der Waals surface area contributed by atoms with Crippen molar-refractivity contribution >= 4 is 25.7 Å². The molecule has 0 bridgehead atoms. The molecule has 0 rings (SSSR count). The highest BCUT2D eigenvalue weighted by atomic mass is 31.2. The number of unbranched alkanes of at least 4 members (excludes halogenated alkanes) is 21. The Hall–Kier alpha value is -3.34. The van der Waals surface area contributed by atoms with Crippen LogP contribution >= 0.6 is 7.82 Å². The summed E-state index contributed by atoms with van der Waals surface area (Å²) < 4.78 is 39.5. The van der Waals surface area contributed by atoms with Gasteiger partial charge in [0.15, 0.2) is 6.10 Å². The van der Waals surface area contributed by atoms with Crippen molar-refractivity contribution in [2.24, 2.45) is 0 Å². The van der Waals surface area contributed by atoms with Crippen LogP contribution in [0.4, 0.5) is 0 Å². The summed E-state index contributed by atoms with van der Waals surface area (Å²) in [7, 11) is -4.76. The fourth-order valence-corrected chi connectivity index (χ4v) is 8.16. The predicted molar refractivity (Wildman–Crippen MR) is 298 cm³/mol. The summed E-state index contributed by atoms with van der Waals surface area (Å²) >= 11 is 0. The van der Waals surface area contributed by atoms with Gasteiger partial charge in [0.1, 0.15) is 12.7 Å². The second-order valence-electron chi connectivity index (χ2n) is 18.7. The highest BCUT2D eigenvalue weighted by molar-refractivity contribution is 7.47. The monoisotopic (exact) mass is 1030 g/mol. The first-order valence-corrected chi connectivity index (χ1v) is 30.0. The lowest BCUT2D eigenvalue weighted by molar-refractivity contribution is -0.161. The van der Waals surface area contributed by atoms with E-state index >= 15 is 0 Å². The van der Waals surface area contributed by atoms with E-state index in [9.17, 15) is 28.9 Å². The van der Waals surface area contributed by atoms with Crippen molar-refractivity contribution in [3.63, 3.8) is 0 Å². The quantitative estimate of drug-likeness (QED) is 0.0197. The van der Waals surface area contributed by atoms with Crippen LogP contribution in [0.25, 0.3) is 0 Å². The maximum absolute atomic E-state index is 12.9. The van der Waals surface area contributed by atoms with Gasteiger partial charge in [0.05, 0.1) is 19.8 Å². The molecule has 0 saturated heterocycles. The van der Waals surface area contributed by atoms with Crippen molar-refractivity contribution in [1.82, 2.24) is 0 Å². The topological polar surface area (TPSA) is 155 Å². The van der Waals surface area contributed by atoms with Crippen molar-refractivity contribution in [2.45, 2.75) is 251 Å². The fraction of sp³-hybridized carbons (Fsp3) is 0.717. The minimum atomic E-state index is -4.76. The molecule has 0 aromatic rings. The Bertz CT molecular complexity index is 1530. The molecule has 0 amide bonds. The maximum Gasteiger partial charge on any atom is 0.472 e. The van der Waals surface area contributed by atoms with Gasteiger partial charge in [0, 0.05) is 19.3 Å². The minimum Gasteiger partial charge on any atom is -0.462 e. The largest absolute Gasteiger partial charge is 0.472 e. The van der Waals surface area contributed by atoms with Crippen LogP contribution in [0.5, 0.6) is 0 Å². The molecule has 0 aliphatic carbocycles. The van der Waals surface area contributed by atoms with E-state index < -0.39 is 57.8 Å². The smallest absolute Gasteiger partial charge is 0.462 e. The van der Waals surface area contributed by atoms with Gasteiger partial charge < -0.3 is 24.2 Å². The zero-order chi connectivity index (χ0) is 52.7. The Balaban J connectivity index is 4.77. The first-order valence-electron chi connectivity index (χ1n) is 28.5. The molecule has 0 aromatic heterocycles. The van der Waals surface area contributed by atoms with Gasteiger partial charge in [-0.3, -0.25) is 23.4 Å². The number of aliphatic hydroxyl groups excluding tert-OH is 1. The number of esters is 3. The van der Waals surface area contributed by atoms with Gasteiger partial charge >= 0.3 is 25.7 Å². The zero-order valence-electron chi connectivity index (χ0n) is 45.6. The number of allylic oxidation sites excluding steroid dienone is 14. The average Bonchev–Trinajstić information content (AvgIpc) is 3.37. The molecule has 0 fully saturated rings. The second-order valence-corrected chi connectivity index (χ2v) is 20.2. The third kappa shape index (κ3) is 51.6. The number of aliphatic hydroxyl groups is 1. The average molecular weight is 1030 g/mol.